The van der Waals surface area contributed by atoms with Crippen LogP contribution in [0.3, 0.4) is 0 Å². The summed E-state index contributed by atoms with van der Waals surface area (Å²) in [5, 5.41) is 5.20. The van der Waals surface area contributed by atoms with E-state index in [2.05, 4.69) is 17.6 Å². The van der Waals surface area contributed by atoms with E-state index < -0.39 is 11.9 Å². The molecule has 5 saturated carbocycles. The molecule has 6 nitrogen and oxygen atoms in total. The minimum absolute atomic E-state index is 0.112. The topological polar surface area (TPSA) is 84.5 Å². The van der Waals surface area contributed by atoms with Gasteiger partial charge in [-0.15, -0.1) is 0 Å². The predicted octanol–water partition coefficient (Wildman–Crippen LogP) is 3.15. The molecule has 0 heterocycles. The molecule has 3 amide bonds. The molecule has 0 saturated heterocycles. The number of ether oxygens (including phenoxy) is 1. The highest BCUT2D eigenvalue weighted by molar-refractivity contribution is 5.95. The van der Waals surface area contributed by atoms with Crippen LogP contribution in [0.1, 0.15) is 71.1 Å². The number of carbonyl (C=O) groups excluding carboxylic acids is 3. The van der Waals surface area contributed by atoms with Crippen LogP contribution in [-0.4, -0.2) is 30.6 Å². The molecule has 27 heavy (non-hydrogen) atoms. The number of nitrogens with one attached hydrogen (secondary N) is 2. The highest BCUT2D eigenvalue weighted by Crippen LogP contribution is 2.60. The van der Waals surface area contributed by atoms with Gasteiger partial charge in [-0.1, -0.05) is 19.8 Å². The minimum atomic E-state index is -0.547. The first kappa shape index (κ1) is 18.8. The van der Waals surface area contributed by atoms with Crippen molar-refractivity contribution in [3.8, 4) is 0 Å². The average Bonchev–Trinajstić information content (AvgIpc) is 2.60. The standard InChI is InChI=1S/C21H32N2O4/c1-13-4-2-3-5-17(13)22-20(26)23-18(24)12-27-19(25)21-9-14-6-15(10-21)8-16(7-14)11-21/h13-17H,2-12H2,1H3,(H2,22,23,24,26)/t13-,14?,15?,16?,17+,21?/m1/s1. The summed E-state index contributed by atoms with van der Waals surface area (Å²) in [5.74, 6) is 1.61. The van der Waals surface area contributed by atoms with Crippen molar-refractivity contribution in [3.63, 3.8) is 0 Å². The second kappa shape index (κ2) is 7.44. The Balaban J connectivity index is 1.23. The van der Waals surface area contributed by atoms with Crippen LogP contribution in [0, 0.1) is 29.1 Å². The van der Waals surface area contributed by atoms with Gasteiger partial charge in [0.15, 0.2) is 6.61 Å². The molecule has 0 spiro atoms. The van der Waals surface area contributed by atoms with Crippen molar-refractivity contribution < 1.29 is 19.1 Å². The van der Waals surface area contributed by atoms with E-state index in [1.165, 1.54) is 25.7 Å². The van der Waals surface area contributed by atoms with Gasteiger partial charge in [0.25, 0.3) is 5.91 Å². The maximum absolute atomic E-state index is 12.7. The Morgan fingerprint density at radius 2 is 1.56 bits per heavy atom. The summed E-state index contributed by atoms with van der Waals surface area (Å²) in [7, 11) is 0. The fourth-order valence-corrected chi connectivity index (χ4v) is 6.54. The van der Waals surface area contributed by atoms with Gasteiger partial charge >= 0.3 is 12.0 Å². The third kappa shape index (κ3) is 3.99. The lowest BCUT2D eigenvalue weighted by Crippen LogP contribution is -2.51. The van der Waals surface area contributed by atoms with E-state index in [4.69, 9.17) is 4.74 Å². The van der Waals surface area contributed by atoms with E-state index in [0.717, 1.165) is 38.5 Å². The molecule has 5 aliphatic carbocycles. The van der Waals surface area contributed by atoms with Gasteiger partial charge in [0.1, 0.15) is 0 Å². The van der Waals surface area contributed by atoms with E-state index in [1.807, 2.05) is 0 Å². The van der Waals surface area contributed by atoms with Crippen molar-refractivity contribution in [1.82, 2.24) is 10.6 Å². The van der Waals surface area contributed by atoms with E-state index in [1.54, 1.807) is 0 Å². The van der Waals surface area contributed by atoms with E-state index in [9.17, 15) is 14.4 Å². The molecule has 2 atom stereocenters. The molecule has 150 valence electrons. The third-order valence-corrected chi connectivity index (χ3v) is 7.49. The van der Waals surface area contributed by atoms with Crippen LogP contribution in [0.25, 0.3) is 0 Å². The van der Waals surface area contributed by atoms with Crippen molar-refractivity contribution in [1.29, 1.82) is 0 Å². The normalized spacial score (nSPS) is 39.7. The molecule has 4 bridgehead atoms. The first-order chi connectivity index (χ1) is 12.9. The summed E-state index contributed by atoms with van der Waals surface area (Å²) in [4.78, 5) is 36.9. The lowest BCUT2D eigenvalue weighted by Gasteiger charge is -2.55. The number of hydrogen-bond donors (Lipinski definition) is 2. The van der Waals surface area contributed by atoms with E-state index >= 15 is 0 Å². The van der Waals surface area contributed by atoms with Gasteiger partial charge in [-0.2, -0.15) is 0 Å². The molecular weight excluding hydrogens is 344 g/mol. The van der Waals surface area contributed by atoms with Crippen LogP contribution >= 0.6 is 0 Å². The highest BCUT2D eigenvalue weighted by Gasteiger charge is 2.55. The molecule has 0 aromatic heterocycles. The first-order valence-electron chi connectivity index (χ1n) is 10.7. The molecule has 0 radical (unpaired) electrons. The maximum atomic E-state index is 12.7. The smallest absolute Gasteiger partial charge is 0.321 e. The number of esters is 1. The second-order valence-electron chi connectivity index (χ2n) is 9.66. The summed E-state index contributed by atoms with van der Waals surface area (Å²) in [6.45, 7) is 1.76. The Hall–Kier alpha value is -1.59. The maximum Gasteiger partial charge on any atom is 0.321 e. The summed E-state index contributed by atoms with van der Waals surface area (Å²) in [6, 6.07) is -0.370. The van der Waals surface area contributed by atoms with Gasteiger partial charge in [-0.25, -0.2) is 4.79 Å². The van der Waals surface area contributed by atoms with Crippen LogP contribution in [0.4, 0.5) is 4.79 Å². The van der Waals surface area contributed by atoms with Crippen LogP contribution in [-0.2, 0) is 14.3 Å². The third-order valence-electron chi connectivity index (χ3n) is 7.49. The Labute approximate surface area is 161 Å². The Morgan fingerprint density at radius 1 is 0.963 bits per heavy atom. The van der Waals surface area contributed by atoms with Crippen molar-refractivity contribution in [2.45, 2.75) is 77.2 Å². The Morgan fingerprint density at radius 3 is 2.15 bits per heavy atom. The molecule has 5 fully saturated rings. The lowest BCUT2D eigenvalue weighted by molar-refractivity contribution is -0.173. The van der Waals surface area contributed by atoms with Crippen molar-refractivity contribution in [3.05, 3.63) is 0 Å². The number of amides is 3. The van der Waals surface area contributed by atoms with Crippen LogP contribution in [0.2, 0.25) is 0 Å². The highest BCUT2D eigenvalue weighted by atomic mass is 16.5. The van der Waals surface area contributed by atoms with Crippen molar-refractivity contribution in [2.24, 2.45) is 29.1 Å². The summed E-state index contributed by atoms with van der Waals surface area (Å²) < 4.78 is 5.37. The number of rotatable bonds is 4. The first-order valence-corrected chi connectivity index (χ1v) is 10.7. The molecular formula is C21H32N2O4. The van der Waals surface area contributed by atoms with Gasteiger partial charge in [0.2, 0.25) is 0 Å². The zero-order valence-corrected chi connectivity index (χ0v) is 16.3. The van der Waals surface area contributed by atoms with Gasteiger partial charge in [0.05, 0.1) is 5.41 Å². The van der Waals surface area contributed by atoms with Crippen LogP contribution in [0.15, 0.2) is 0 Å². The fraction of sp³-hybridized carbons (Fsp3) is 0.857. The fourth-order valence-electron chi connectivity index (χ4n) is 6.54. The summed E-state index contributed by atoms with van der Waals surface area (Å²) in [6.07, 6.45) is 10.9. The number of carbonyl (C=O) groups is 3. The number of urea groups is 1. The van der Waals surface area contributed by atoms with Crippen molar-refractivity contribution in [2.75, 3.05) is 6.61 Å². The lowest BCUT2D eigenvalue weighted by atomic mass is 9.49. The SMILES string of the molecule is C[C@@H]1CCCC[C@@H]1NC(=O)NC(=O)COC(=O)C12CC3CC(CC(C3)C1)C2. The van der Waals surface area contributed by atoms with Crippen LogP contribution < -0.4 is 10.6 Å². The molecule has 6 heteroatoms. The monoisotopic (exact) mass is 376 g/mol. The predicted molar refractivity (Wildman–Crippen MR) is 99.7 cm³/mol. The Bertz CT molecular complexity index is 582. The van der Waals surface area contributed by atoms with Gasteiger partial charge in [0, 0.05) is 6.04 Å². The van der Waals surface area contributed by atoms with E-state index in [-0.39, 0.29) is 24.0 Å². The summed E-state index contributed by atoms with van der Waals surface area (Å²) >= 11 is 0. The van der Waals surface area contributed by atoms with E-state index in [0.29, 0.717) is 23.7 Å². The molecule has 0 unspecified atom stereocenters. The number of imide groups is 1. The second-order valence-corrected chi connectivity index (χ2v) is 9.66. The molecule has 0 aliphatic heterocycles. The van der Waals surface area contributed by atoms with Crippen molar-refractivity contribution >= 4 is 17.9 Å². The molecule has 5 rings (SSSR count). The zero-order valence-electron chi connectivity index (χ0n) is 16.3. The zero-order chi connectivity index (χ0) is 19.0. The molecule has 0 aromatic rings. The molecule has 5 aliphatic rings. The molecule has 2 N–H and O–H groups in total. The average molecular weight is 376 g/mol. The Kier molecular flexibility index (Phi) is 5.17. The summed E-state index contributed by atoms with van der Waals surface area (Å²) in [5.41, 5.74) is -0.366. The van der Waals surface area contributed by atoms with Gasteiger partial charge < -0.3 is 10.1 Å². The number of hydrogen-bond acceptors (Lipinski definition) is 4. The molecule has 0 aromatic carbocycles. The van der Waals surface area contributed by atoms with Gasteiger partial charge in [-0.05, 0) is 75.0 Å². The van der Waals surface area contributed by atoms with Crippen LogP contribution in [0.5, 0.6) is 0 Å². The largest absolute Gasteiger partial charge is 0.455 e. The quantitative estimate of drug-likeness (QED) is 0.738. The van der Waals surface area contributed by atoms with Gasteiger partial charge in [-0.3, -0.25) is 14.9 Å². The minimum Gasteiger partial charge on any atom is -0.455 e.